The third-order valence-electron chi connectivity index (χ3n) is 2.83. The van der Waals surface area contributed by atoms with Crippen LogP contribution in [0.5, 0.6) is 5.75 Å². The SMILES string of the molecule is CC(=O)c1c(C)nsc1NCCCOc1ccccc1. The minimum Gasteiger partial charge on any atom is -0.494 e. The molecule has 0 aliphatic heterocycles. The van der Waals surface area contributed by atoms with Gasteiger partial charge in [0.05, 0.1) is 17.9 Å². The van der Waals surface area contributed by atoms with Crippen LogP contribution < -0.4 is 10.1 Å². The van der Waals surface area contributed by atoms with Crippen molar-refractivity contribution in [2.75, 3.05) is 18.5 Å². The number of rotatable bonds is 7. The van der Waals surface area contributed by atoms with Crippen LogP contribution >= 0.6 is 11.5 Å². The van der Waals surface area contributed by atoms with Crippen LogP contribution in [0, 0.1) is 6.92 Å². The lowest BCUT2D eigenvalue weighted by molar-refractivity contribution is 0.101. The molecule has 2 rings (SSSR count). The van der Waals surface area contributed by atoms with Crippen LogP contribution in [-0.4, -0.2) is 23.3 Å². The average molecular weight is 290 g/mol. The molecule has 0 saturated heterocycles. The molecule has 4 nitrogen and oxygen atoms in total. The van der Waals surface area contributed by atoms with E-state index >= 15 is 0 Å². The molecule has 2 aromatic rings. The Balaban J connectivity index is 1.75. The van der Waals surface area contributed by atoms with E-state index < -0.39 is 0 Å². The predicted molar refractivity (Wildman–Crippen MR) is 81.9 cm³/mol. The van der Waals surface area contributed by atoms with Crippen molar-refractivity contribution in [1.82, 2.24) is 4.37 Å². The van der Waals surface area contributed by atoms with Gasteiger partial charge in [0.1, 0.15) is 10.8 Å². The van der Waals surface area contributed by atoms with Crippen molar-refractivity contribution in [1.29, 1.82) is 0 Å². The highest BCUT2D eigenvalue weighted by molar-refractivity contribution is 7.10. The number of carbonyl (C=O) groups excluding carboxylic acids is 1. The predicted octanol–water partition coefficient (Wildman–Crippen LogP) is 3.54. The van der Waals surface area contributed by atoms with E-state index in [-0.39, 0.29) is 5.78 Å². The van der Waals surface area contributed by atoms with E-state index in [1.165, 1.54) is 11.5 Å². The number of nitrogens with one attached hydrogen (secondary N) is 1. The fourth-order valence-electron chi connectivity index (χ4n) is 1.89. The second-order valence-corrected chi connectivity index (χ2v) is 5.24. The summed E-state index contributed by atoms with van der Waals surface area (Å²) in [4.78, 5) is 11.5. The molecule has 5 heteroatoms. The third kappa shape index (κ3) is 3.81. The Morgan fingerprint density at radius 1 is 1.35 bits per heavy atom. The van der Waals surface area contributed by atoms with E-state index in [9.17, 15) is 4.79 Å². The van der Waals surface area contributed by atoms with Crippen molar-refractivity contribution in [2.24, 2.45) is 0 Å². The fraction of sp³-hybridized carbons (Fsp3) is 0.333. The maximum atomic E-state index is 11.5. The largest absolute Gasteiger partial charge is 0.494 e. The molecule has 0 fully saturated rings. The Hall–Kier alpha value is -1.88. The van der Waals surface area contributed by atoms with Gasteiger partial charge in [-0.3, -0.25) is 4.79 Å². The first-order chi connectivity index (χ1) is 9.68. The summed E-state index contributed by atoms with van der Waals surface area (Å²) in [6, 6.07) is 9.74. The maximum absolute atomic E-state index is 11.5. The summed E-state index contributed by atoms with van der Waals surface area (Å²) < 4.78 is 9.82. The molecule has 0 aliphatic carbocycles. The maximum Gasteiger partial charge on any atom is 0.164 e. The van der Waals surface area contributed by atoms with Crippen LogP contribution in [-0.2, 0) is 0 Å². The molecule has 0 saturated carbocycles. The molecule has 0 radical (unpaired) electrons. The van der Waals surface area contributed by atoms with Gasteiger partial charge in [0.25, 0.3) is 0 Å². The van der Waals surface area contributed by atoms with Crippen LogP contribution in [0.2, 0.25) is 0 Å². The number of ketones is 1. The second kappa shape index (κ2) is 7.05. The zero-order chi connectivity index (χ0) is 14.4. The lowest BCUT2D eigenvalue weighted by atomic mass is 10.2. The molecule has 1 aromatic heterocycles. The van der Waals surface area contributed by atoms with E-state index in [4.69, 9.17) is 4.74 Å². The number of hydrogen-bond acceptors (Lipinski definition) is 5. The van der Waals surface area contributed by atoms with Crippen LogP contribution in [0.1, 0.15) is 29.4 Å². The number of aryl methyl sites for hydroxylation is 1. The van der Waals surface area contributed by atoms with Crippen molar-refractivity contribution in [3.63, 3.8) is 0 Å². The van der Waals surface area contributed by atoms with Crippen molar-refractivity contribution < 1.29 is 9.53 Å². The van der Waals surface area contributed by atoms with Crippen LogP contribution in [0.15, 0.2) is 30.3 Å². The summed E-state index contributed by atoms with van der Waals surface area (Å²) in [5, 5.41) is 4.11. The second-order valence-electron chi connectivity index (χ2n) is 4.47. The number of aromatic nitrogens is 1. The van der Waals surface area contributed by atoms with Gasteiger partial charge < -0.3 is 10.1 Å². The molecule has 0 spiro atoms. The minimum absolute atomic E-state index is 0.0549. The number of nitrogens with zero attached hydrogens (tertiary/aromatic N) is 1. The highest BCUT2D eigenvalue weighted by atomic mass is 32.1. The number of Topliss-reactive ketones (excluding diaryl/α,β-unsaturated/α-hetero) is 1. The van der Waals surface area contributed by atoms with Crippen molar-refractivity contribution >= 4 is 22.3 Å². The monoisotopic (exact) mass is 290 g/mol. The molecule has 106 valence electrons. The Bertz CT molecular complexity index is 567. The number of carbonyl (C=O) groups is 1. The molecular formula is C15H18N2O2S. The van der Waals surface area contributed by atoms with Gasteiger partial charge >= 0.3 is 0 Å². The Morgan fingerprint density at radius 2 is 2.10 bits per heavy atom. The highest BCUT2D eigenvalue weighted by Gasteiger charge is 2.13. The summed E-state index contributed by atoms with van der Waals surface area (Å²) in [5.41, 5.74) is 1.50. The van der Waals surface area contributed by atoms with Gasteiger partial charge in [-0.15, -0.1) is 0 Å². The topological polar surface area (TPSA) is 51.2 Å². The first-order valence-electron chi connectivity index (χ1n) is 6.57. The van der Waals surface area contributed by atoms with E-state index in [0.29, 0.717) is 12.2 Å². The van der Waals surface area contributed by atoms with Gasteiger partial charge in [0.15, 0.2) is 5.78 Å². The van der Waals surface area contributed by atoms with E-state index in [2.05, 4.69) is 9.69 Å². The minimum atomic E-state index is 0.0549. The molecule has 1 N–H and O–H groups in total. The smallest absolute Gasteiger partial charge is 0.164 e. The van der Waals surface area contributed by atoms with Gasteiger partial charge in [0, 0.05) is 6.54 Å². The van der Waals surface area contributed by atoms with Gasteiger partial charge in [-0.25, -0.2) is 0 Å². The molecule has 0 atom stereocenters. The lowest BCUT2D eigenvalue weighted by Crippen LogP contribution is -2.08. The van der Waals surface area contributed by atoms with Gasteiger partial charge in [-0.1, -0.05) is 18.2 Å². The molecule has 20 heavy (non-hydrogen) atoms. The number of benzene rings is 1. The summed E-state index contributed by atoms with van der Waals surface area (Å²) in [6.45, 7) is 4.83. The summed E-state index contributed by atoms with van der Waals surface area (Å²) in [7, 11) is 0. The van der Waals surface area contributed by atoms with Crippen LogP contribution in [0.3, 0.4) is 0 Å². The molecule has 0 aliphatic rings. The lowest BCUT2D eigenvalue weighted by Gasteiger charge is -2.07. The van der Waals surface area contributed by atoms with Gasteiger partial charge in [0.2, 0.25) is 0 Å². The number of hydrogen-bond donors (Lipinski definition) is 1. The molecule has 0 bridgehead atoms. The normalized spacial score (nSPS) is 10.3. The van der Waals surface area contributed by atoms with E-state index in [0.717, 1.165) is 29.4 Å². The highest BCUT2D eigenvalue weighted by Crippen LogP contribution is 2.24. The molecule has 1 heterocycles. The Kier molecular flexibility index (Phi) is 5.12. The zero-order valence-electron chi connectivity index (χ0n) is 11.7. The first-order valence-corrected chi connectivity index (χ1v) is 7.34. The third-order valence-corrected chi connectivity index (χ3v) is 3.73. The molecular weight excluding hydrogens is 272 g/mol. The Labute approximate surface area is 123 Å². The average Bonchev–Trinajstić information content (AvgIpc) is 2.81. The zero-order valence-corrected chi connectivity index (χ0v) is 12.5. The summed E-state index contributed by atoms with van der Waals surface area (Å²) >= 11 is 1.34. The molecule has 1 aromatic carbocycles. The Morgan fingerprint density at radius 3 is 2.80 bits per heavy atom. The van der Waals surface area contributed by atoms with Crippen molar-refractivity contribution in [2.45, 2.75) is 20.3 Å². The van der Waals surface area contributed by atoms with Gasteiger partial charge in [-0.2, -0.15) is 4.37 Å². The summed E-state index contributed by atoms with van der Waals surface area (Å²) in [5.74, 6) is 0.935. The standard InChI is InChI=1S/C15H18N2O2S/c1-11-14(12(2)18)15(20-17-11)16-9-6-10-19-13-7-4-3-5-8-13/h3-5,7-8,16H,6,9-10H2,1-2H3. The number of anilines is 1. The van der Waals surface area contributed by atoms with Crippen molar-refractivity contribution in [3.8, 4) is 5.75 Å². The number of ether oxygens (including phenoxy) is 1. The molecule has 0 unspecified atom stereocenters. The fourth-order valence-corrected chi connectivity index (χ4v) is 2.75. The van der Waals surface area contributed by atoms with E-state index in [1.54, 1.807) is 6.92 Å². The first kappa shape index (κ1) is 14.5. The van der Waals surface area contributed by atoms with Gasteiger partial charge in [-0.05, 0) is 43.9 Å². The van der Waals surface area contributed by atoms with Crippen LogP contribution in [0.25, 0.3) is 0 Å². The quantitative estimate of drug-likeness (QED) is 0.626. The van der Waals surface area contributed by atoms with Crippen molar-refractivity contribution in [3.05, 3.63) is 41.6 Å². The number of para-hydroxylation sites is 1. The molecule has 0 amide bonds. The van der Waals surface area contributed by atoms with Crippen LogP contribution in [0.4, 0.5) is 5.00 Å². The van der Waals surface area contributed by atoms with E-state index in [1.807, 2.05) is 37.3 Å². The summed E-state index contributed by atoms with van der Waals surface area (Å²) in [6.07, 6.45) is 0.864.